The average molecular weight is 318 g/mol. The number of thiocarbonyl (C=S) groups is 1. The quantitative estimate of drug-likeness (QED) is 0.660. The third-order valence-corrected chi connectivity index (χ3v) is 3.67. The summed E-state index contributed by atoms with van der Waals surface area (Å²) in [6.07, 6.45) is 0. The molecule has 0 unspecified atom stereocenters. The number of hydrogen-bond acceptors (Lipinski definition) is 3. The SMILES string of the molecule is CC1=C(C(=O)OCC(C)C)[C@H](c2ccc(C)cc2)NC(=S)N1. The summed E-state index contributed by atoms with van der Waals surface area (Å²) in [5, 5.41) is 6.69. The Labute approximate surface area is 136 Å². The minimum Gasteiger partial charge on any atom is -0.462 e. The second-order valence-electron chi connectivity index (χ2n) is 5.97. The minimum absolute atomic E-state index is 0.283. The molecule has 1 aliphatic rings. The summed E-state index contributed by atoms with van der Waals surface area (Å²) in [4.78, 5) is 12.5. The maximum atomic E-state index is 12.5. The highest BCUT2D eigenvalue weighted by Gasteiger charge is 2.30. The Morgan fingerprint density at radius 1 is 1.27 bits per heavy atom. The number of rotatable bonds is 4. The number of hydrogen-bond donors (Lipinski definition) is 2. The minimum atomic E-state index is -0.306. The largest absolute Gasteiger partial charge is 0.462 e. The van der Waals surface area contributed by atoms with Gasteiger partial charge < -0.3 is 15.4 Å². The zero-order valence-corrected chi connectivity index (χ0v) is 14.2. The molecule has 5 heteroatoms. The number of nitrogens with one attached hydrogen (secondary N) is 2. The van der Waals surface area contributed by atoms with Crippen LogP contribution >= 0.6 is 12.2 Å². The lowest BCUT2D eigenvalue weighted by atomic mass is 9.95. The van der Waals surface area contributed by atoms with Crippen molar-refractivity contribution in [2.24, 2.45) is 5.92 Å². The molecular formula is C17H22N2O2S. The summed E-state index contributed by atoms with van der Waals surface area (Å²) in [5.74, 6) is -0.00691. The molecule has 1 heterocycles. The highest BCUT2D eigenvalue weighted by atomic mass is 32.1. The van der Waals surface area contributed by atoms with Gasteiger partial charge in [0, 0.05) is 5.70 Å². The van der Waals surface area contributed by atoms with Crippen LogP contribution in [0.1, 0.15) is 37.9 Å². The first-order valence-corrected chi connectivity index (χ1v) is 7.81. The fourth-order valence-electron chi connectivity index (χ4n) is 2.29. The number of aryl methyl sites for hydroxylation is 1. The fourth-order valence-corrected chi connectivity index (χ4v) is 2.56. The number of allylic oxidation sites excluding steroid dienone is 1. The fraction of sp³-hybridized carbons (Fsp3) is 0.412. The van der Waals surface area contributed by atoms with Gasteiger partial charge >= 0.3 is 5.97 Å². The predicted octanol–water partition coefficient (Wildman–Crippen LogP) is 2.99. The van der Waals surface area contributed by atoms with Gasteiger partial charge in [0.15, 0.2) is 5.11 Å². The van der Waals surface area contributed by atoms with Crippen molar-refractivity contribution in [3.8, 4) is 0 Å². The summed E-state index contributed by atoms with van der Waals surface area (Å²) in [6, 6.07) is 7.77. The molecule has 1 aromatic carbocycles. The molecule has 0 amide bonds. The van der Waals surface area contributed by atoms with Gasteiger partial charge in [-0.05, 0) is 37.5 Å². The molecule has 22 heavy (non-hydrogen) atoms. The van der Waals surface area contributed by atoms with E-state index >= 15 is 0 Å². The molecule has 1 aliphatic heterocycles. The Morgan fingerprint density at radius 2 is 1.91 bits per heavy atom. The lowest BCUT2D eigenvalue weighted by molar-refractivity contribution is -0.140. The van der Waals surface area contributed by atoms with Gasteiger partial charge in [0.05, 0.1) is 18.2 Å². The molecule has 0 aliphatic carbocycles. The number of benzene rings is 1. The van der Waals surface area contributed by atoms with Crippen molar-refractivity contribution in [3.05, 3.63) is 46.7 Å². The van der Waals surface area contributed by atoms with Gasteiger partial charge in [-0.2, -0.15) is 0 Å². The van der Waals surface area contributed by atoms with Crippen LogP contribution < -0.4 is 10.6 Å². The Bertz CT molecular complexity index is 606. The first-order chi connectivity index (χ1) is 10.4. The van der Waals surface area contributed by atoms with E-state index in [9.17, 15) is 4.79 Å². The van der Waals surface area contributed by atoms with E-state index in [0.717, 1.165) is 11.3 Å². The zero-order valence-electron chi connectivity index (χ0n) is 13.4. The molecule has 0 aromatic heterocycles. The van der Waals surface area contributed by atoms with Gasteiger partial charge in [0.1, 0.15) is 0 Å². The third kappa shape index (κ3) is 3.85. The molecule has 1 aromatic rings. The lowest BCUT2D eigenvalue weighted by Gasteiger charge is -2.30. The topological polar surface area (TPSA) is 50.4 Å². The molecule has 118 valence electrons. The highest BCUT2D eigenvalue weighted by Crippen LogP contribution is 2.27. The van der Waals surface area contributed by atoms with Gasteiger partial charge in [0.25, 0.3) is 0 Å². The summed E-state index contributed by atoms with van der Waals surface area (Å²) >= 11 is 5.22. The van der Waals surface area contributed by atoms with Crippen LogP contribution in [0.4, 0.5) is 0 Å². The molecule has 1 atom stereocenters. The van der Waals surface area contributed by atoms with Crippen molar-refractivity contribution in [3.63, 3.8) is 0 Å². The average Bonchev–Trinajstić information content (AvgIpc) is 2.44. The van der Waals surface area contributed by atoms with Crippen LogP contribution in [0.5, 0.6) is 0 Å². The summed E-state index contributed by atoms with van der Waals surface area (Å²) in [7, 11) is 0. The van der Waals surface area contributed by atoms with E-state index in [-0.39, 0.29) is 12.0 Å². The monoisotopic (exact) mass is 318 g/mol. The van der Waals surface area contributed by atoms with E-state index in [2.05, 4.69) is 10.6 Å². The molecule has 0 saturated heterocycles. The smallest absolute Gasteiger partial charge is 0.338 e. The zero-order chi connectivity index (χ0) is 16.3. The van der Waals surface area contributed by atoms with Crippen LogP contribution in [-0.2, 0) is 9.53 Å². The van der Waals surface area contributed by atoms with Crippen molar-refractivity contribution < 1.29 is 9.53 Å². The van der Waals surface area contributed by atoms with Crippen molar-refractivity contribution in [1.82, 2.24) is 10.6 Å². The van der Waals surface area contributed by atoms with E-state index < -0.39 is 0 Å². The molecule has 0 radical (unpaired) electrons. The summed E-state index contributed by atoms with van der Waals surface area (Å²) < 4.78 is 5.40. The maximum absolute atomic E-state index is 12.5. The van der Waals surface area contributed by atoms with E-state index in [0.29, 0.717) is 23.2 Å². The van der Waals surface area contributed by atoms with Gasteiger partial charge in [-0.15, -0.1) is 0 Å². The third-order valence-electron chi connectivity index (χ3n) is 3.45. The number of ether oxygens (including phenoxy) is 1. The first-order valence-electron chi connectivity index (χ1n) is 7.40. The summed E-state index contributed by atoms with van der Waals surface area (Å²) in [6.45, 7) is 8.31. The van der Waals surface area contributed by atoms with Crippen LogP contribution in [0.25, 0.3) is 0 Å². The van der Waals surface area contributed by atoms with Crippen LogP contribution in [0.2, 0.25) is 0 Å². The second kappa shape index (κ2) is 6.92. The Hall–Kier alpha value is -1.88. The summed E-state index contributed by atoms with van der Waals surface area (Å²) in [5.41, 5.74) is 3.48. The molecule has 2 rings (SSSR count). The Balaban J connectivity index is 2.32. The molecule has 0 saturated carbocycles. The number of carbonyl (C=O) groups excluding carboxylic acids is 1. The standard InChI is InChI=1S/C17H22N2O2S/c1-10(2)9-21-16(20)14-12(4)18-17(22)19-15(14)13-7-5-11(3)6-8-13/h5-8,10,15H,9H2,1-4H3,(H2,18,19,22)/t15-/m0/s1. The van der Waals surface area contributed by atoms with Crippen LogP contribution in [0, 0.1) is 12.8 Å². The number of esters is 1. The van der Waals surface area contributed by atoms with E-state index in [1.165, 1.54) is 5.56 Å². The molecule has 0 bridgehead atoms. The van der Waals surface area contributed by atoms with Crippen molar-refractivity contribution in [2.45, 2.75) is 33.7 Å². The molecule has 0 fully saturated rings. The van der Waals surface area contributed by atoms with Gasteiger partial charge in [-0.3, -0.25) is 0 Å². The number of carbonyl (C=O) groups is 1. The van der Waals surface area contributed by atoms with Crippen LogP contribution in [-0.4, -0.2) is 17.7 Å². The van der Waals surface area contributed by atoms with E-state index in [4.69, 9.17) is 17.0 Å². The first kappa shape index (κ1) is 16.5. The van der Waals surface area contributed by atoms with Crippen LogP contribution in [0.15, 0.2) is 35.5 Å². The van der Waals surface area contributed by atoms with Gasteiger partial charge in [-0.25, -0.2) is 4.79 Å². The van der Waals surface area contributed by atoms with Crippen molar-refractivity contribution in [1.29, 1.82) is 0 Å². The Morgan fingerprint density at radius 3 is 2.50 bits per heavy atom. The van der Waals surface area contributed by atoms with Gasteiger partial charge in [-0.1, -0.05) is 43.7 Å². The molecule has 2 N–H and O–H groups in total. The van der Waals surface area contributed by atoms with E-state index in [1.807, 2.05) is 52.0 Å². The molecule has 4 nitrogen and oxygen atoms in total. The van der Waals surface area contributed by atoms with Crippen molar-refractivity contribution >= 4 is 23.3 Å². The van der Waals surface area contributed by atoms with E-state index in [1.54, 1.807) is 0 Å². The highest BCUT2D eigenvalue weighted by molar-refractivity contribution is 7.80. The second-order valence-corrected chi connectivity index (χ2v) is 6.38. The van der Waals surface area contributed by atoms with Gasteiger partial charge in [0.2, 0.25) is 0 Å². The lowest BCUT2D eigenvalue weighted by Crippen LogP contribution is -2.45. The van der Waals surface area contributed by atoms with Crippen molar-refractivity contribution in [2.75, 3.05) is 6.61 Å². The van der Waals surface area contributed by atoms with Crippen LogP contribution in [0.3, 0.4) is 0 Å². The maximum Gasteiger partial charge on any atom is 0.338 e. The normalized spacial score (nSPS) is 18.0. The Kier molecular flexibility index (Phi) is 5.19. The molecule has 0 spiro atoms. The predicted molar refractivity (Wildman–Crippen MR) is 91.3 cm³/mol. The molecular weight excluding hydrogens is 296 g/mol.